The van der Waals surface area contributed by atoms with E-state index in [1.807, 2.05) is 30.1 Å². The first-order chi connectivity index (χ1) is 13.0. The van der Waals surface area contributed by atoms with Crippen molar-refractivity contribution >= 4 is 34.9 Å². The van der Waals surface area contributed by atoms with Crippen molar-refractivity contribution in [2.75, 3.05) is 11.6 Å². The third-order valence-corrected chi connectivity index (χ3v) is 5.62. The van der Waals surface area contributed by atoms with Crippen molar-refractivity contribution in [3.63, 3.8) is 0 Å². The predicted octanol–water partition coefficient (Wildman–Crippen LogP) is 3.50. The average molecular weight is 408 g/mol. The molecule has 0 aliphatic carbocycles. The molecule has 1 amide bonds. The molecule has 4 rings (SSSR count). The molecule has 9 heteroatoms. The number of amides is 1. The lowest BCUT2D eigenvalue weighted by molar-refractivity contribution is 0.0703. The number of benzene rings is 1. The van der Waals surface area contributed by atoms with Gasteiger partial charge in [0.2, 0.25) is 0 Å². The number of carbonyl (C=O) groups is 1. The molecule has 2 aliphatic heterocycles. The number of halogens is 3. The third-order valence-electron chi connectivity index (χ3n) is 4.76. The van der Waals surface area contributed by atoms with Gasteiger partial charge in [-0.1, -0.05) is 29.3 Å². The van der Waals surface area contributed by atoms with Crippen molar-refractivity contribution in [3.05, 3.63) is 69.3 Å². The van der Waals surface area contributed by atoms with Crippen LogP contribution in [-0.4, -0.2) is 28.4 Å². The van der Waals surface area contributed by atoms with E-state index in [0.29, 0.717) is 13.0 Å². The second-order valence-electron chi connectivity index (χ2n) is 6.27. The van der Waals surface area contributed by atoms with E-state index in [-0.39, 0.29) is 27.6 Å². The first-order valence-corrected chi connectivity index (χ1v) is 9.15. The molecule has 2 aliphatic rings. The molecule has 1 aromatic heterocycles. The second kappa shape index (κ2) is 6.99. The molecular weight excluding hydrogens is 392 g/mol. The monoisotopic (exact) mass is 407 g/mol. The van der Waals surface area contributed by atoms with Crippen molar-refractivity contribution in [2.45, 2.75) is 19.4 Å². The molecule has 1 atom stereocenters. The fourth-order valence-electron chi connectivity index (χ4n) is 3.35. The van der Waals surface area contributed by atoms with Crippen molar-refractivity contribution in [1.82, 2.24) is 20.8 Å². The van der Waals surface area contributed by atoms with E-state index in [1.54, 1.807) is 11.1 Å². The Balaban J connectivity index is 1.62. The van der Waals surface area contributed by atoms with Gasteiger partial charge in [-0.15, -0.1) is 5.53 Å². The van der Waals surface area contributed by atoms with Crippen LogP contribution >= 0.6 is 23.2 Å². The number of carbonyl (C=O) groups excluding carboxylic acids is 1. The first-order valence-electron chi connectivity index (χ1n) is 8.39. The molecule has 0 fully saturated rings. The van der Waals surface area contributed by atoms with E-state index in [0.717, 1.165) is 23.3 Å². The molecule has 0 saturated heterocycles. The lowest BCUT2D eigenvalue weighted by Gasteiger charge is -2.35. The van der Waals surface area contributed by atoms with Gasteiger partial charge < -0.3 is 10.3 Å². The maximum Gasteiger partial charge on any atom is 0.255 e. The summed E-state index contributed by atoms with van der Waals surface area (Å²) in [7, 11) is 0. The lowest BCUT2D eigenvalue weighted by atomic mass is 10.0. The molecule has 6 nitrogen and oxygen atoms in total. The van der Waals surface area contributed by atoms with Gasteiger partial charge in [0.25, 0.3) is 5.91 Å². The molecule has 0 unspecified atom stereocenters. The molecule has 1 aromatic carbocycles. The Morgan fingerprint density at radius 3 is 2.81 bits per heavy atom. The molecule has 0 bridgehead atoms. The standard InChI is InChI=1S/C18H16Cl2FN5O/c1-10-17-13(26(24-23-17)14-4-2-3-8-22-14)7-9-25(10)18(27)11-5-6-12(21)16(20)15(11)19/h2-6,8,10,23-24H,7,9H2,1H3/t10-/m0/s1. The number of hydrogen-bond donors (Lipinski definition) is 2. The maximum absolute atomic E-state index is 13.5. The third kappa shape index (κ3) is 3.01. The molecule has 3 heterocycles. The fraction of sp³-hybridized carbons (Fsp3) is 0.222. The van der Waals surface area contributed by atoms with Crippen molar-refractivity contribution in [1.29, 1.82) is 0 Å². The Morgan fingerprint density at radius 1 is 1.26 bits per heavy atom. The highest BCUT2D eigenvalue weighted by molar-refractivity contribution is 6.44. The highest BCUT2D eigenvalue weighted by Crippen LogP contribution is 2.33. The zero-order chi connectivity index (χ0) is 19.1. The number of anilines is 1. The lowest BCUT2D eigenvalue weighted by Crippen LogP contribution is -2.45. The normalized spacial score (nSPS) is 19.2. The van der Waals surface area contributed by atoms with Gasteiger partial charge in [-0.3, -0.25) is 4.79 Å². The molecular formula is C18H16Cl2FN5O. The minimum Gasteiger partial charge on any atom is -0.330 e. The highest BCUT2D eigenvalue weighted by atomic mass is 35.5. The summed E-state index contributed by atoms with van der Waals surface area (Å²) in [6.45, 7) is 2.40. The van der Waals surface area contributed by atoms with Crippen LogP contribution in [0.15, 0.2) is 47.9 Å². The Labute approximate surface area is 165 Å². The van der Waals surface area contributed by atoms with E-state index in [1.165, 1.54) is 6.07 Å². The molecule has 0 spiro atoms. The summed E-state index contributed by atoms with van der Waals surface area (Å²) in [5.74, 6) is -0.183. The Bertz CT molecular complexity index is 937. The van der Waals surface area contributed by atoms with E-state index in [4.69, 9.17) is 23.2 Å². The molecule has 0 radical (unpaired) electrons. The topological polar surface area (TPSA) is 60.5 Å². The van der Waals surface area contributed by atoms with Crippen LogP contribution in [0.25, 0.3) is 0 Å². The van der Waals surface area contributed by atoms with Crippen LogP contribution in [0.1, 0.15) is 23.7 Å². The fourth-order valence-corrected chi connectivity index (χ4v) is 3.75. The van der Waals surface area contributed by atoms with Crippen molar-refractivity contribution < 1.29 is 9.18 Å². The number of hydrazine groups is 2. The molecule has 27 heavy (non-hydrogen) atoms. The van der Waals surface area contributed by atoms with Crippen LogP contribution in [0.5, 0.6) is 0 Å². The molecule has 2 aromatic rings. The van der Waals surface area contributed by atoms with E-state index >= 15 is 0 Å². The van der Waals surface area contributed by atoms with Crippen LogP contribution in [0.2, 0.25) is 10.0 Å². The second-order valence-corrected chi connectivity index (χ2v) is 7.02. The summed E-state index contributed by atoms with van der Waals surface area (Å²) < 4.78 is 13.5. The van der Waals surface area contributed by atoms with E-state index in [2.05, 4.69) is 15.9 Å². The van der Waals surface area contributed by atoms with Crippen molar-refractivity contribution in [2.24, 2.45) is 0 Å². The zero-order valence-corrected chi connectivity index (χ0v) is 15.9. The highest BCUT2D eigenvalue weighted by Gasteiger charge is 2.37. The Hall–Kier alpha value is -2.35. The smallest absolute Gasteiger partial charge is 0.255 e. The summed E-state index contributed by atoms with van der Waals surface area (Å²) in [6, 6.07) is 7.94. The average Bonchev–Trinajstić information content (AvgIpc) is 3.12. The van der Waals surface area contributed by atoms with Gasteiger partial charge >= 0.3 is 0 Å². The van der Waals surface area contributed by atoms with Gasteiger partial charge in [-0.05, 0) is 31.2 Å². The zero-order valence-electron chi connectivity index (χ0n) is 14.3. The van der Waals surface area contributed by atoms with Gasteiger partial charge in [-0.25, -0.2) is 14.4 Å². The maximum atomic E-state index is 13.5. The summed E-state index contributed by atoms with van der Waals surface area (Å²) in [5.41, 5.74) is 8.30. The van der Waals surface area contributed by atoms with Gasteiger partial charge in [0.15, 0.2) is 0 Å². The summed E-state index contributed by atoms with van der Waals surface area (Å²) in [6.07, 6.45) is 2.34. The van der Waals surface area contributed by atoms with Crippen molar-refractivity contribution in [3.8, 4) is 0 Å². The Morgan fingerprint density at radius 2 is 2.07 bits per heavy atom. The Kier molecular flexibility index (Phi) is 4.67. The SMILES string of the molecule is C[C@H]1C2=C(CCN1C(=O)c1ccc(F)c(Cl)c1Cl)N(c1ccccn1)NN2. The van der Waals surface area contributed by atoms with Crippen LogP contribution in [-0.2, 0) is 0 Å². The molecule has 140 valence electrons. The number of nitrogens with zero attached hydrogens (tertiary/aromatic N) is 3. The quantitative estimate of drug-likeness (QED) is 0.745. The number of nitrogens with one attached hydrogen (secondary N) is 2. The van der Waals surface area contributed by atoms with E-state index in [9.17, 15) is 9.18 Å². The summed E-state index contributed by atoms with van der Waals surface area (Å²) in [4.78, 5) is 19.0. The minimum absolute atomic E-state index is 0.0683. The predicted molar refractivity (Wildman–Crippen MR) is 102 cm³/mol. The van der Waals surface area contributed by atoms with Crippen LogP contribution in [0.4, 0.5) is 10.2 Å². The number of rotatable bonds is 2. The van der Waals surface area contributed by atoms with Gasteiger partial charge in [0, 0.05) is 19.2 Å². The van der Waals surface area contributed by atoms with Crippen LogP contribution < -0.4 is 16.0 Å². The summed E-state index contributed by atoms with van der Waals surface area (Å²) >= 11 is 12.0. The van der Waals surface area contributed by atoms with Gasteiger partial charge in [-0.2, -0.15) is 0 Å². The van der Waals surface area contributed by atoms with Crippen LogP contribution in [0.3, 0.4) is 0 Å². The van der Waals surface area contributed by atoms with E-state index < -0.39 is 5.82 Å². The number of pyridine rings is 1. The van der Waals surface area contributed by atoms with Gasteiger partial charge in [0.1, 0.15) is 11.6 Å². The molecule has 2 N–H and O–H groups in total. The first kappa shape index (κ1) is 18.0. The molecule has 0 saturated carbocycles. The van der Waals surface area contributed by atoms with Crippen LogP contribution in [0, 0.1) is 5.82 Å². The number of aromatic nitrogens is 1. The summed E-state index contributed by atoms with van der Waals surface area (Å²) in [5, 5.41) is 1.56. The largest absolute Gasteiger partial charge is 0.330 e. The number of hydrogen-bond acceptors (Lipinski definition) is 5. The minimum atomic E-state index is -0.650. The van der Waals surface area contributed by atoms with Gasteiger partial charge in [0.05, 0.1) is 33.0 Å².